The van der Waals surface area contributed by atoms with Gasteiger partial charge in [-0.05, 0) is 36.8 Å². The van der Waals surface area contributed by atoms with E-state index in [0.717, 1.165) is 0 Å². The summed E-state index contributed by atoms with van der Waals surface area (Å²) in [4.78, 5) is 25.0. The fourth-order valence-electron chi connectivity index (χ4n) is 3.02. The molecule has 0 saturated heterocycles. The van der Waals surface area contributed by atoms with Gasteiger partial charge in [0.05, 0.1) is 28.9 Å². The summed E-state index contributed by atoms with van der Waals surface area (Å²) in [5, 5.41) is 5.52. The van der Waals surface area contributed by atoms with E-state index in [-0.39, 0.29) is 22.8 Å². The highest BCUT2D eigenvalue weighted by Crippen LogP contribution is 2.30. The monoisotopic (exact) mass is 434 g/mol. The Hall–Kier alpha value is -2.84. The molecule has 1 unspecified atom stereocenters. The molecule has 1 aliphatic heterocycles. The van der Waals surface area contributed by atoms with Crippen molar-refractivity contribution in [2.24, 2.45) is 0 Å². The van der Waals surface area contributed by atoms with Gasteiger partial charge in [0.15, 0.2) is 9.84 Å². The maximum Gasteiger partial charge on any atom is 0.338 e. The van der Waals surface area contributed by atoms with Crippen LogP contribution in [0.1, 0.15) is 18.5 Å². The molecule has 0 aromatic heterocycles. The van der Waals surface area contributed by atoms with Crippen molar-refractivity contribution < 1.29 is 22.7 Å². The zero-order valence-corrected chi connectivity index (χ0v) is 17.1. The third kappa shape index (κ3) is 4.78. The number of nitrogens with one attached hydrogen (secondary N) is 2. The van der Waals surface area contributed by atoms with Crippen LogP contribution in [0.4, 0.5) is 4.79 Å². The number of urea groups is 1. The van der Waals surface area contributed by atoms with E-state index in [9.17, 15) is 18.0 Å². The number of esters is 1. The molecule has 1 atom stereocenters. The first-order valence-corrected chi connectivity index (χ1v) is 10.9. The van der Waals surface area contributed by atoms with E-state index in [0.29, 0.717) is 10.6 Å². The Labute approximate surface area is 173 Å². The number of rotatable bonds is 6. The first-order valence-electron chi connectivity index (χ1n) is 8.82. The van der Waals surface area contributed by atoms with E-state index >= 15 is 0 Å². The van der Waals surface area contributed by atoms with Gasteiger partial charge in [0, 0.05) is 10.7 Å². The number of sulfone groups is 1. The molecule has 0 radical (unpaired) electrons. The summed E-state index contributed by atoms with van der Waals surface area (Å²) >= 11 is 6.06. The number of carbonyl (C=O) groups is 2. The highest BCUT2D eigenvalue weighted by molar-refractivity contribution is 7.91. The van der Waals surface area contributed by atoms with Gasteiger partial charge in [0.1, 0.15) is 0 Å². The van der Waals surface area contributed by atoms with Crippen LogP contribution in [0.15, 0.2) is 70.8 Å². The number of hydrogen-bond acceptors (Lipinski definition) is 5. The van der Waals surface area contributed by atoms with Crippen LogP contribution >= 0.6 is 11.6 Å². The Kier molecular flexibility index (Phi) is 6.24. The summed E-state index contributed by atoms with van der Waals surface area (Å²) in [6.07, 6.45) is 0. The van der Waals surface area contributed by atoms with Crippen molar-refractivity contribution in [3.05, 3.63) is 76.5 Å². The molecule has 2 aromatic carbocycles. The van der Waals surface area contributed by atoms with Crippen LogP contribution in [0, 0.1) is 0 Å². The van der Waals surface area contributed by atoms with Crippen LogP contribution < -0.4 is 10.6 Å². The van der Waals surface area contributed by atoms with Crippen molar-refractivity contribution >= 4 is 33.4 Å². The number of ether oxygens (including phenoxy) is 1. The maximum absolute atomic E-state index is 12.9. The van der Waals surface area contributed by atoms with Crippen LogP contribution in [0.25, 0.3) is 0 Å². The minimum absolute atomic E-state index is 0.0215. The molecular weight excluding hydrogens is 416 g/mol. The Morgan fingerprint density at radius 1 is 1.14 bits per heavy atom. The average molecular weight is 435 g/mol. The van der Waals surface area contributed by atoms with Crippen LogP contribution in [0.5, 0.6) is 0 Å². The molecule has 0 bridgehead atoms. The van der Waals surface area contributed by atoms with Gasteiger partial charge in [-0.1, -0.05) is 41.9 Å². The summed E-state index contributed by atoms with van der Waals surface area (Å²) in [6.45, 7) is 1.74. The standard InChI is InChI=1S/C20H19ClN2O5S/c1-2-28-19(24)17-16(12-29(26,27)15-9-4-3-5-10-15)22-20(25)23-18(17)13-7-6-8-14(21)11-13/h3-11,18H,2,12H2,1H3,(H2,22,23,25). The van der Waals surface area contributed by atoms with E-state index in [4.69, 9.17) is 16.3 Å². The maximum atomic E-state index is 12.9. The molecule has 2 amide bonds. The lowest BCUT2D eigenvalue weighted by atomic mass is 9.95. The molecule has 1 aliphatic rings. The molecule has 29 heavy (non-hydrogen) atoms. The molecular formula is C20H19ClN2O5S. The second kappa shape index (κ2) is 8.67. The van der Waals surface area contributed by atoms with Gasteiger partial charge < -0.3 is 15.4 Å². The van der Waals surface area contributed by atoms with Crippen LogP contribution in [-0.2, 0) is 19.4 Å². The van der Waals surface area contributed by atoms with Crippen molar-refractivity contribution in [3.8, 4) is 0 Å². The summed E-state index contributed by atoms with van der Waals surface area (Å²) in [7, 11) is -3.81. The Bertz CT molecular complexity index is 1070. The fourth-order valence-corrected chi connectivity index (χ4v) is 4.56. The SMILES string of the molecule is CCOC(=O)C1=C(CS(=O)(=O)c2ccccc2)NC(=O)NC1c1cccc(Cl)c1. The molecule has 0 spiro atoms. The van der Waals surface area contributed by atoms with E-state index in [1.165, 1.54) is 12.1 Å². The second-order valence-electron chi connectivity index (χ2n) is 6.27. The van der Waals surface area contributed by atoms with E-state index in [1.54, 1.807) is 49.4 Å². The second-order valence-corrected chi connectivity index (χ2v) is 8.70. The smallest absolute Gasteiger partial charge is 0.338 e. The number of amides is 2. The zero-order valence-electron chi connectivity index (χ0n) is 15.5. The Morgan fingerprint density at radius 3 is 2.52 bits per heavy atom. The minimum Gasteiger partial charge on any atom is -0.463 e. The molecule has 2 N–H and O–H groups in total. The van der Waals surface area contributed by atoms with Gasteiger partial charge in [0.2, 0.25) is 0 Å². The third-order valence-corrected chi connectivity index (χ3v) is 6.16. The van der Waals surface area contributed by atoms with Crippen LogP contribution in [0.2, 0.25) is 5.02 Å². The van der Waals surface area contributed by atoms with Gasteiger partial charge in [-0.25, -0.2) is 18.0 Å². The number of halogens is 1. The number of benzene rings is 2. The lowest BCUT2D eigenvalue weighted by Crippen LogP contribution is -2.47. The van der Waals surface area contributed by atoms with Crippen molar-refractivity contribution in [2.75, 3.05) is 12.4 Å². The van der Waals surface area contributed by atoms with Crippen molar-refractivity contribution in [1.29, 1.82) is 0 Å². The highest BCUT2D eigenvalue weighted by Gasteiger charge is 2.35. The van der Waals surface area contributed by atoms with Gasteiger partial charge in [0.25, 0.3) is 0 Å². The van der Waals surface area contributed by atoms with E-state index < -0.39 is 33.6 Å². The molecule has 0 saturated carbocycles. The van der Waals surface area contributed by atoms with Gasteiger partial charge >= 0.3 is 12.0 Å². The van der Waals surface area contributed by atoms with E-state index in [2.05, 4.69) is 10.6 Å². The largest absolute Gasteiger partial charge is 0.463 e. The molecule has 0 aliphatic carbocycles. The minimum atomic E-state index is -3.81. The quantitative estimate of drug-likeness (QED) is 0.680. The van der Waals surface area contributed by atoms with Crippen molar-refractivity contribution in [2.45, 2.75) is 17.9 Å². The van der Waals surface area contributed by atoms with Gasteiger partial charge in [-0.2, -0.15) is 0 Å². The predicted octanol–water partition coefficient (Wildman–Crippen LogP) is 2.99. The molecule has 0 fully saturated rings. The number of carbonyl (C=O) groups excluding carboxylic acids is 2. The topological polar surface area (TPSA) is 102 Å². The van der Waals surface area contributed by atoms with E-state index in [1.807, 2.05) is 0 Å². The molecule has 7 nitrogen and oxygen atoms in total. The summed E-state index contributed by atoms with van der Waals surface area (Å²) in [6, 6.07) is 12.9. The zero-order chi connectivity index (χ0) is 21.0. The lowest BCUT2D eigenvalue weighted by Gasteiger charge is -2.29. The summed E-state index contributed by atoms with van der Waals surface area (Å²) < 4.78 is 30.8. The first-order chi connectivity index (χ1) is 13.8. The highest BCUT2D eigenvalue weighted by atomic mass is 35.5. The van der Waals surface area contributed by atoms with Crippen molar-refractivity contribution in [1.82, 2.24) is 10.6 Å². The predicted molar refractivity (Wildman–Crippen MR) is 108 cm³/mol. The normalized spacial score (nSPS) is 16.8. The Balaban J connectivity index is 2.11. The Morgan fingerprint density at radius 2 is 1.86 bits per heavy atom. The third-order valence-electron chi connectivity index (χ3n) is 4.27. The fraction of sp³-hybridized carbons (Fsp3) is 0.200. The van der Waals surface area contributed by atoms with Crippen molar-refractivity contribution in [3.63, 3.8) is 0 Å². The summed E-state index contributed by atoms with van der Waals surface area (Å²) in [5.41, 5.74) is 0.527. The molecule has 2 aromatic rings. The van der Waals surface area contributed by atoms with Crippen LogP contribution in [0.3, 0.4) is 0 Å². The summed E-state index contributed by atoms with van der Waals surface area (Å²) in [5.74, 6) is -1.28. The molecule has 9 heteroatoms. The van der Waals surface area contributed by atoms with Crippen LogP contribution in [-0.4, -0.2) is 32.8 Å². The van der Waals surface area contributed by atoms with Gasteiger partial charge in [-0.15, -0.1) is 0 Å². The van der Waals surface area contributed by atoms with Gasteiger partial charge in [-0.3, -0.25) is 0 Å². The lowest BCUT2D eigenvalue weighted by molar-refractivity contribution is -0.139. The average Bonchev–Trinajstić information content (AvgIpc) is 2.68. The number of hydrogen-bond donors (Lipinski definition) is 2. The molecule has 1 heterocycles. The first kappa shape index (κ1) is 20.9. The molecule has 152 valence electrons. The molecule has 3 rings (SSSR count).